The monoisotopic (exact) mass is 552 g/mol. The van der Waals surface area contributed by atoms with Crippen LogP contribution in [0.2, 0.25) is 0 Å². The Kier molecular flexibility index (Phi) is 7.73. The van der Waals surface area contributed by atoms with Crippen LogP contribution < -0.4 is 20.6 Å². The zero-order valence-electron chi connectivity index (χ0n) is 23.4. The summed E-state index contributed by atoms with van der Waals surface area (Å²) in [5, 5.41) is 2.72. The smallest absolute Gasteiger partial charge is 0.412 e. The zero-order chi connectivity index (χ0) is 29.0. The molecule has 0 fully saturated rings. The summed E-state index contributed by atoms with van der Waals surface area (Å²) in [6, 6.07) is 25.2. The number of amides is 1. The van der Waals surface area contributed by atoms with E-state index in [1.165, 1.54) is 18.0 Å². The molecule has 10 nitrogen and oxygen atoms in total. The summed E-state index contributed by atoms with van der Waals surface area (Å²) in [6.45, 7) is 6.48. The lowest BCUT2D eigenvalue weighted by atomic mass is 10.1. The quantitative estimate of drug-likeness (QED) is 0.255. The lowest BCUT2D eigenvalue weighted by molar-refractivity contribution is 0.0636. The van der Waals surface area contributed by atoms with Crippen molar-refractivity contribution >= 4 is 28.8 Å². The average molecular weight is 553 g/mol. The van der Waals surface area contributed by atoms with Crippen molar-refractivity contribution in [3.8, 4) is 11.4 Å². The van der Waals surface area contributed by atoms with E-state index < -0.39 is 17.4 Å². The van der Waals surface area contributed by atoms with Gasteiger partial charge in [0.15, 0.2) is 11.5 Å². The number of methoxy groups -OCH3 is 1. The Bertz CT molecular complexity index is 1670. The molecule has 210 valence electrons. The molecular weight excluding hydrogens is 520 g/mol. The molecule has 5 rings (SSSR count). The number of rotatable bonds is 8. The molecule has 5 aromatic rings. The number of carbonyl (C=O) groups excluding carboxylic acids is 1. The van der Waals surface area contributed by atoms with Gasteiger partial charge in [0.25, 0.3) is 0 Å². The molecule has 2 heterocycles. The highest BCUT2D eigenvalue weighted by molar-refractivity contribution is 5.87. The summed E-state index contributed by atoms with van der Waals surface area (Å²) >= 11 is 0. The van der Waals surface area contributed by atoms with E-state index in [2.05, 4.69) is 49.4 Å². The summed E-state index contributed by atoms with van der Waals surface area (Å²) in [6.07, 6.45) is 0.829. The van der Waals surface area contributed by atoms with Crippen molar-refractivity contribution in [2.24, 2.45) is 0 Å². The van der Waals surface area contributed by atoms with Crippen LogP contribution in [0, 0.1) is 0 Å². The van der Waals surface area contributed by atoms with Gasteiger partial charge in [-0.2, -0.15) is 0 Å². The molecule has 2 aromatic heterocycles. The third kappa shape index (κ3) is 6.55. The van der Waals surface area contributed by atoms with Crippen LogP contribution in [0.1, 0.15) is 31.9 Å². The second kappa shape index (κ2) is 11.5. The van der Waals surface area contributed by atoms with E-state index in [0.29, 0.717) is 47.2 Å². The molecule has 0 radical (unpaired) electrons. The van der Waals surface area contributed by atoms with E-state index in [0.717, 1.165) is 11.1 Å². The summed E-state index contributed by atoms with van der Waals surface area (Å²) in [4.78, 5) is 40.0. The molecule has 0 atom stereocenters. The van der Waals surface area contributed by atoms with Crippen LogP contribution in [0.3, 0.4) is 0 Å². The van der Waals surface area contributed by atoms with Crippen molar-refractivity contribution in [2.75, 3.05) is 17.3 Å². The fraction of sp³-hybridized carbons (Fsp3) is 0.226. The number of H-pyrrole nitrogens is 1. The fourth-order valence-corrected chi connectivity index (χ4v) is 4.52. The number of hydrogen-bond acceptors (Lipinski definition) is 7. The van der Waals surface area contributed by atoms with Gasteiger partial charge in [-0.1, -0.05) is 60.7 Å². The number of nitrogens with one attached hydrogen (secondary N) is 2. The second-order valence-electron chi connectivity index (χ2n) is 10.5. The van der Waals surface area contributed by atoms with Gasteiger partial charge in [-0.05, 0) is 38.0 Å². The minimum absolute atomic E-state index is 0.391. The molecule has 0 aliphatic rings. The van der Waals surface area contributed by atoms with Crippen LogP contribution in [0.15, 0.2) is 90.0 Å². The molecule has 41 heavy (non-hydrogen) atoms. The lowest BCUT2D eigenvalue weighted by Crippen LogP contribution is -2.27. The Morgan fingerprint density at radius 3 is 2.17 bits per heavy atom. The first-order valence-electron chi connectivity index (χ1n) is 13.2. The Labute approximate surface area is 237 Å². The zero-order valence-corrected chi connectivity index (χ0v) is 23.4. The highest BCUT2D eigenvalue weighted by Crippen LogP contribution is 2.28. The largest absolute Gasteiger partial charge is 0.497 e. The molecular formula is C31H32N6O4. The van der Waals surface area contributed by atoms with Crippen molar-refractivity contribution in [3.05, 3.63) is 107 Å². The number of hydrogen-bond donors (Lipinski definition) is 2. The number of benzene rings is 3. The van der Waals surface area contributed by atoms with Gasteiger partial charge in [-0.15, -0.1) is 0 Å². The van der Waals surface area contributed by atoms with E-state index >= 15 is 0 Å². The highest BCUT2D eigenvalue weighted by atomic mass is 16.6. The molecule has 0 aliphatic carbocycles. The number of aromatic nitrogens is 4. The molecule has 0 saturated heterocycles. The Hall–Kier alpha value is -5.12. The highest BCUT2D eigenvalue weighted by Gasteiger charge is 2.21. The van der Waals surface area contributed by atoms with Crippen molar-refractivity contribution in [3.63, 3.8) is 0 Å². The van der Waals surface area contributed by atoms with Gasteiger partial charge in [0.05, 0.1) is 12.8 Å². The Morgan fingerprint density at radius 1 is 0.951 bits per heavy atom. The first kappa shape index (κ1) is 27.4. The standard InChI is InChI=1S/C31H32N6O4/c1-31(2,3)41-30(39)34-23-15-24(17-25(16-23)40-4)37-28-26(35-29(37)38)27(32-20-33-28)36(18-21-11-7-5-8-12-21)19-22-13-9-6-10-14-22/h5-17,20H,18-19H2,1-4H3,(H,34,39)(H,35,38). The van der Waals surface area contributed by atoms with Crippen molar-refractivity contribution in [2.45, 2.75) is 39.5 Å². The maximum Gasteiger partial charge on any atom is 0.412 e. The van der Waals surface area contributed by atoms with Gasteiger partial charge in [-0.25, -0.2) is 24.1 Å². The molecule has 1 amide bonds. The van der Waals surface area contributed by atoms with Crippen LogP contribution in [0.5, 0.6) is 5.75 Å². The second-order valence-corrected chi connectivity index (χ2v) is 10.5. The summed E-state index contributed by atoms with van der Waals surface area (Å²) in [7, 11) is 1.51. The average Bonchev–Trinajstić information content (AvgIpc) is 3.28. The third-order valence-corrected chi connectivity index (χ3v) is 6.22. The number of fused-ring (bicyclic) bond motifs is 1. The number of carbonyl (C=O) groups is 1. The van der Waals surface area contributed by atoms with Crippen molar-refractivity contribution in [1.82, 2.24) is 19.5 Å². The number of imidazole rings is 1. The van der Waals surface area contributed by atoms with E-state index in [1.54, 1.807) is 39.0 Å². The SMILES string of the molecule is COc1cc(NC(=O)OC(C)(C)C)cc(-n2c(=O)[nH]c3c(N(Cc4ccccc4)Cc4ccccc4)ncnc32)c1. The minimum Gasteiger partial charge on any atom is -0.497 e. The number of ether oxygens (including phenoxy) is 2. The van der Waals surface area contributed by atoms with Gasteiger partial charge < -0.3 is 19.4 Å². The fourth-order valence-electron chi connectivity index (χ4n) is 4.52. The van der Waals surface area contributed by atoms with Gasteiger partial charge in [0, 0.05) is 30.9 Å². The number of nitrogens with zero attached hydrogens (tertiary/aromatic N) is 4. The predicted molar refractivity (Wildman–Crippen MR) is 159 cm³/mol. The van der Waals surface area contributed by atoms with Crippen molar-refractivity contribution < 1.29 is 14.3 Å². The molecule has 3 aromatic carbocycles. The van der Waals surface area contributed by atoms with E-state index in [-0.39, 0.29) is 0 Å². The predicted octanol–water partition coefficient (Wildman–Crippen LogP) is 5.67. The summed E-state index contributed by atoms with van der Waals surface area (Å²) < 4.78 is 12.3. The molecule has 2 N–H and O–H groups in total. The normalized spacial score (nSPS) is 11.3. The topological polar surface area (TPSA) is 114 Å². The van der Waals surface area contributed by atoms with Gasteiger partial charge in [-0.3, -0.25) is 5.32 Å². The van der Waals surface area contributed by atoms with Crippen LogP contribution >= 0.6 is 0 Å². The van der Waals surface area contributed by atoms with Crippen LogP contribution in [0.25, 0.3) is 16.9 Å². The van der Waals surface area contributed by atoms with Gasteiger partial charge in [0.1, 0.15) is 23.2 Å². The van der Waals surface area contributed by atoms with Crippen LogP contribution in [0.4, 0.5) is 16.3 Å². The first-order chi connectivity index (χ1) is 19.7. The molecule has 0 saturated carbocycles. The number of aromatic amines is 1. The lowest BCUT2D eigenvalue weighted by Gasteiger charge is -2.24. The molecule has 10 heteroatoms. The summed E-state index contributed by atoms with van der Waals surface area (Å²) in [5.74, 6) is 1.03. The third-order valence-electron chi connectivity index (χ3n) is 6.22. The minimum atomic E-state index is -0.668. The Balaban J connectivity index is 1.58. The van der Waals surface area contributed by atoms with E-state index in [9.17, 15) is 9.59 Å². The number of anilines is 2. The molecule has 0 aliphatic heterocycles. The van der Waals surface area contributed by atoms with E-state index in [1.807, 2.05) is 36.4 Å². The molecule has 0 bridgehead atoms. The summed E-state index contributed by atoms with van der Waals surface area (Å²) in [5.41, 5.74) is 2.87. The van der Waals surface area contributed by atoms with Crippen molar-refractivity contribution in [1.29, 1.82) is 0 Å². The maximum atomic E-state index is 13.4. The first-order valence-corrected chi connectivity index (χ1v) is 13.2. The van der Waals surface area contributed by atoms with Crippen LogP contribution in [-0.2, 0) is 17.8 Å². The van der Waals surface area contributed by atoms with Crippen LogP contribution in [-0.4, -0.2) is 38.3 Å². The van der Waals surface area contributed by atoms with Gasteiger partial charge >= 0.3 is 11.8 Å². The molecule has 0 spiro atoms. The Morgan fingerprint density at radius 2 is 1.59 bits per heavy atom. The maximum absolute atomic E-state index is 13.4. The van der Waals surface area contributed by atoms with E-state index in [4.69, 9.17) is 9.47 Å². The molecule has 0 unspecified atom stereocenters. The van der Waals surface area contributed by atoms with Gasteiger partial charge in [0.2, 0.25) is 0 Å².